The van der Waals surface area contributed by atoms with E-state index in [0.717, 1.165) is 0 Å². The molecule has 5 N–H and O–H groups in total. The van der Waals surface area contributed by atoms with Crippen LogP contribution in [0.4, 0.5) is 16.2 Å². The van der Waals surface area contributed by atoms with Crippen LogP contribution in [0.1, 0.15) is 6.92 Å². The standard InChI is InChI=1S/C9H12N4O2/c1-6(14)11-7-3-2-4-8(5-7)12-9(15)13-10/h2-5H,10H2,1H3,(H,11,14)(H2,12,13,15). The van der Waals surface area contributed by atoms with Crippen LogP contribution in [0.15, 0.2) is 24.3 Å². The van der Waals surface area contributed by atoms with Crippen molar-refractivity contribution in [2.24, 2.45) is 5.84 Å². The first kappa shape index (κ1) is 11.0. The second-order valence-corrected chi connectivity index (χ2v) is 2.86. The lowest BCUT2D eigenvalue weighted by Crippen LogP contribution is -2.34. The SMILES string of the molecule is CC(=O)Nc1cccc(NC(=O)NN)c1. The van der Waals surface area contributed by atoms with E-state index in [1.54, 1.807) is 24.3 Å². The van der Waals surface area contributed by atoms with Crippen LogP contribution in [-0.2, 0) is 4.79 Å². The van der Waals surface area contributed by atoms with Gasteiger partial charge in [-0.1, -0.05) is 6.07 Å². The Morgan fingerprint density at radius 2 is 1.80 bits per heavy atom. The zero-order valence-corrected chi connectivity index (χ0v) is 8.20. The molecule has 0 aromatic heterocycles. The molecule has 0 radical (unpaired) electrons. The molecular formula is C9H12N4O2. The van der Waals surface area contributed by atoms with Crippen molar-refractivity contribution in [2.45, 2.75) is 6.92 Å². The highest BCUT2D eigenvalue weighted by molar-refractivity contribution is 5.92. The highest BCUT2D eigenvalue weighted by Gasteiger charge is 2.00. The predicted octanol–water partition coefficient (Wildman–Crippen LogP) is 0.640. The highest BCUT2D eigenvalue weighted by Crippen LogP contribution is 2.14. The fourth-order valence-corrected chi connectivity index (χ4v) is 1.05. The molecule has 0 bridgehead atoms. The van der Waals surface area contributed by atoms with E-state index in [2.05, 4.69) is 10.6 Å². The highest BCUT2D eigenvalue weighted by atomic mass is 16.2. The maximum atomic E-state index is 10.9. The summed E-state index contributed by atoms with van der Waals surface area (Å²) < 4.78 is 0. The van der Waals surface area contributed by atoms with Crippen LogP contribution in [-0.4, -0.2) is 11.9 Å². The number of urea groups is 1. The lowest BCUT2D eigenvalue weighted by Gasteiger charge is -2.06. The van der Waals surface area contributed by atoms with E-state index in [-0.39, 0.29) is 5.91 Å². The van der Waals surface area contributed by atoms with E-state index in [0.29, 0.717) is 11.4 Å². The van der Waals surface area contributed by atoms with Gasteiger partial charge >= 0.3 is 6.03 Å². The van der Waals surface area contributed by atoms with E-state index < -0.39 is 6.03 Å². The quantitative estimate of drug-likeness (QED) is 0.326. The Kier molecular flexibility index (Phi) is 3.64. The molecule has 0 heterocycles. The van der Waals surface area contributed by atoms with Gasteiger partial charge in [-0.25, -0.2) is 10.6 Å². The molecule has 0 saturated carbocycles. The van der Waals surface area contributed by atoms with Gasteiger partial charge in [-0.2, -0.15) is 0 Å². The van der Waals surface area contributed by atoms with Gasteiger partial charge in [0.15, 0.2) is 0 Å². The average molecular weight is 208 g/mol. The van der Waals surface area contributed by atoms with Crippen molar-refractivity contribution in [3.8, 4) is 0 Å². The number of amides is 3. The first-order chi connectivity index (χ1) is 7.11. The molecule has 0 spiro atoms. The van der Waals surface area contributed by atoms with Crippen LogP contribution >= 0.6 is 0 Å². The van der Waals surface area contributed by atoms with Crippen LogP contribution in [0.3, 0.4) is 0 Å². The number of carbonyl (C=O) groups is 2. The monoisotopic (exact) mass is 208 g/mol. The van der Waals surface area contributed by atoms with Crippen molar-refractivity contribution in [1.82, 2.24) is 5.43 Å². The molecule has 6 heteroatoms. The Bertz CT molecular complexity index is 378. The normalized spacial score (nSPS) is 9.20. The van der Waals surface area contributed by atoms with Gasteiger partial charge in [0.05, 0.1) is 0 Å². The van der Waals surface area contributed by atoms with Crippen LogP contribution < -0.4 is 21.9 Å². The number of nitrogens with two attached hydrogens (primary N) is 1. The summed E-state index contributed by atoms with van der Waals surface area (Å²) >= 11 is 0. The van der Waals surface area contributed by atoms with Gasteiger partial charge in [-0.3, -0.25) is 10.2 Å². The van der Waals surface area contributed by atoms with Crippen LogP contribution in [0.5, 0.6) is 0 Å². The van der Waals surface area contributed by atoms with Gasteiger partial charge in [0, 0.05) is 18.3 Å². The third kappa shape index (κ3) is 3.65. The van der Waals surface area contributed by atoms with Crippen molar-refractivity contribution in [3.05, 3.63) is 24.3 Å². The van der Waals surface area contributed by atoms with Crippen molar-refractivity contribution in [2.75, 3.05) is 10.6 Å². The number of benzene rings is 1. The number of nitrogens with one attached hydrogen (secondary N) is 3. The number of hydrogen-bond acceptors (Lipinski definition) is 3. The molecule has 0 unspecified atom stereocenters. The van der Waals surface area contributed by atoms with E-state index in [9.17, 15) is 9.59 Å². The number of carbonyl (C=O) groups excluding carboxylic acids is 2. The number of anilines is 2. The molecule has 0 aliphatic rings. The molecule has 3 amide bonds. The maximum Gasteiger partial charge on any atom is 0.333 e. The summed E-state index contributed by atoms with van der Waals surface area (Å²) in [4.78, 5) is 21.7. The zero-order chi connectivity index (χ0) is 11.3. The minimum absolute atomic E-state index is 0.171. The molecule has 6 nitrogen and oxygen atoms in total. The molecule has 0 saturated heterocycles. The fourth-order valence-electron chi connectivity index (χ4n) is 1.05. The summed E-state index contributed by atoms with van der Waals surface area (Å²) in [5, 5.41) is 5.07. The Hall–Kier alpha value is -2.08. The van der Waals surface area contributed by atoms with Gasteiger partial charge in [-0.15, -0.1) is 0 Å². The van der Waals surface area contributed by atoms with Gasteiger partial charge in [0.1, 0.15) is 0 Å². The third-order valence-electron chi connectivity index (χ3n) is 1.57. The lowest BCUT2D eigenvalue weighted by molar-refractivity contribution is -0.114. The van der Waals surface area contributed by atoms with Gasteiger partial charge in [-0.05, 0) is 18.2 Å². The van der Waals surface area contributed by atoms with Crippen molar-refractivity contribution in [3.63, 3.8) is 0 Å². The summed E-state index contributed by atoms with van der Waals surface area (Å²) in [5.74, 6) is 4.74. The minimum atomic E-state index is -0.519. The third-order valence-corrected chi connectivity index (χ3v) is 1.57. The van der Waals surface area contributed by atoms with Crippen molar-refractivity contribution in [1.29, 1.82) is 0 Å². The van der Waals surface area contributed by atoms with E-state index >= 15 is 0 Å². The fraction of sp³-hybridized carbons (Fsp3) is 0.111. The Morgan fingerprint density at radius 3 is 2.33 bits per heavy atom. The molecule has 0 aliphatic heterocycles. The molecule has 1 aromatic rings. The second-order valence-electron chi connectivity index (χ2n) is 2.86. The van der Waals surface area contributed by atoms with Crippen molar-refractivity contribution >= 4 is 23.3 Å². The summed E-state index contributed by atoms with van der Waals surface area (Å²) in [6.07, 6.45) is 0. The molecule has 1 aromatic carbocycles. The molecule has 1 rings (SSSR count). The van der Waals surface area contributed by atoms with Crippen LogP contribution in [0.2, 0.25) is 0 Å². The van der Waals surface area contributed by atoms with Gasteiger partial charge < -0.3 is 10.6 Å². The maximum absolute atomic E-state index is 10.9. The number of hydrogen-bond donors (Lipinski definition) is 4. The van der Waals surface area contributed by atoms with Crippen molar-refractivity contribution < 1.29 is 9.59 Å². The van der Waals surface area contributed by atoms with Crippen LogP contribution in [0, 0.1) is 0 Å². The lowest BCUT2D eigenvalue weighted by atomic mass is 10.3. The molecule has 15 heavy (non-hydrogen) atoms. The van der Waals surface area contributed by atoms with E-state index in [1.165, 1.54) is 6.92 Å². The summed E-state index contributed by atoms with van der Waals surface area (Å²) in [6, 6.07) is 6.21. The topological polar surface area (TPSA) is 96.2 Å². The zero-order valence-electron chi connectivity index (χ0n) is 8.20. The Balaban J connectivity index is 2.74. The van der Waals surface area contributed by atoms with E-state index in [4.69, 9.17) is 5.84 Å². The Labute approximate surface area is 86.8 Å². The first-order valence-corrected chi connectivity index (χ1v) is 4.27. The Morgan fingerprint density at radius 1 is 1.20 bits per heavy atom. The summed E-state index contributed by atoms with van der Waals surface area (Å²) in [6.45, 7) is 1.41. The largest absolute Gasteiger partial charge is 0.333 e. The van der Waals surface area contributed by atoms with E-state index in [1.807, 2.05) is 5.43 Å². The van der Waals surface area contributed by atoms with Gasteiger partial charge in [0.25, 0.3) is 0 Å². The molecule has 0 aliphatic carbocycles. The molecule has 0 atom stereocenters. The summed E-state index contributed by atoms with van der Waals surface area (Å²) in [7, 11) is 0. The average Bonchev–Trinajstić information content (AvgIpc) is 2.17. The second kappa shape index (κ2) is 4.97. The molecule has 0 fully saturated rings. The first-order valence-electron chi connectivity index (χ1n) is 4.27. The number of hydrazine groups is 1. The van der Waals surface area contributed by atoms with Gasteiger partial charge in [0.2, 0.25) is 5.91 Å². The molecular weight excluding hydrogens is 196 g/mol. The summed E-state index contributed by atoms with van der Waals surface area (Å²) in [5.41, 5.74) is 3.09. The predicted molar refractivity (Wildman–Crippen MR) is 57.1 cm³/mol. The van der Waals surface area contributed by atoms with Crippen LogP contribution in [0.25, 0.3) is 0 Å². The molecule has 80 valence electrons. The smallest absolute Gasteiger partial charge is 0.326 e. The minimum Gasteiger partial charge on any atom is -0.326 e. The number of rotatable bonds is 2.